The molecule has 0 aliphatic carbocycles. The Hall–Kier alpha value is -1.37. The van der Waals surface area contributed by atoms with E-state index in [0.29, 0.717) is 29.9 Å². The van der Waals surface area contributed by atoms with Crippen LogP contribution in [0.15, 0.2) is 18.2 Å². The molecule has 1 aliphatic rings. The molecule has 1 fully saturated rings. The third-order valence-electron chi connectivity index (χ3n) is 4.57. The van der Waals surface area contributed by atoms with Crippen LogP contribution in [0.1, 0.15) is 50.9 Å². The Morgan fingerprint density at radius 2 is 1.83 bits per heavy atom. The monoisotopic (exact) mass is 319 g/mol. The summed E-state index contributed by atoms with van der Waals surface area (Å²) in [6.45, 7) is 9.13. The van der Waals surface area contributed by atoms with Crippen molar-refractivity contribution in [3.63, 3.8) is 0 Å². The number of ether oxygens (including phenoxy) is 1. The molecule has 2 rings (SSSR count). The second-order valence-corrected chi connectivity index (χ2v) is 6.81. The van der Waals surface area contributed by atoms with E-state index in [2.05, 4.69) is 0 Å². The average molecular weight is 319 g/mol. The van der Waals surface area contributed by atoms with E-state index in [-0.39, 0.29) is 0 Å². The van der Waals surface area contributed by atoms with Crippen molar-refractivity contribution in [2.24, 2.45) is 5.73 Å². The van der Waals surface area contributed by atoms with Gasteiger partial charge in [0.25, 0.3) is 0 Å². The fraction of sp³-hybridized carbons (Fsp3) is 0.588. The highest BCUT2D eigenvalue weighted by atomic mass is 16.7. The van der Waals surface area contributed by atoms with Gasteiger partial charge in [-0.05, 0) is 53.1 Å². The summed E-state index contributed by atoms with van der Waals surface area (Å²) >= 11 is 0. The molecule has 5 nitrogen and oxygen atoms in total. The molecule has 0 aromatic heterocycles. The Morgan fingerprint density at radius 1 is 1.17 bits per heavy atom. The average Bonchev–Trinajstić information content (AvgIpc) is 2.71. The first-order valence-corrected chi connectivity index (χ1v) is 8.09. The van der Waals surface area contributed by atoms with Gasteiger partial charge in [0.15, 0.2) is 0 Å². The third kappa shape index (κ3) is 3.76. The van der Waals surface area contributed by atoms with Crippen LogP contribution < -0.4 is 15.9 Å². The highest BCUT2D eigenvalue weighted by Crippen LogP contribution is 2.37. The summed E-state index contributed by atoms with van der Waals surface area (Å²) in [5, 5.41) is 0. The zero-order chi connectivity index (χ0) is 17.1. The first kappa shape index (κ1) is 18.0. The van der Waals surface area contributed by atoms with Gasteiger partial charge in [-0.1, -0.05) is 12.1 Å². The van der Waals surface area contributed by atoms with E-state index < -0.39 is 18.3 Å². The summed E-state index contributed by atoms with van der Waals surface area (Å²) < 4.78 is 18.0. The summed E-state index contributed by atoms with van der Waals surface area (Å²) in [5.74, 6) is 0.630. The van der Waals surface area contributed by atoms with Crippen molar-refractivity contribution >= 4 is 18.9 Å². The minimum absolute atomic E-state index is 0.468. The van der Waals surface area contributed by atoms with Gasteiger partial charge < -0.3 is 19.8 Å². The molecule has 6 heteroatoms. The molecule has 2 N–H and O–H groups in total. The summed E-state index contributed by atoms with van der Waals surface area (Å²) in [6.07, 6.45) is 2.58. The zero-order valence-electron chi connectivity index (χ0n) is 14.4. The van der Waals surface area contributed by atoms with Crippen molar-refractivity contribution in [3.05, 3.63) is 23.8 Å². The van der Waals surface area contributed by atoms with E-state index in [9.17, 15) is 4.79 Å². The van der Waals surface area contributed by atoms with Crippen molar-refractivity contribution in [2.45, 2.75) is 51.7 Å². The number of hydrogen-bond donors (Lipinski definition) is 1. The molecule has 0 spiro atoms. The van der Waals surface area contributed by atoms with Crippen LogP contribution in [-0.4, -0.2) is 37.8 Å². The standard InChI is InChI=1S/C17H26BNO4/c1-16(2)17(3,4)23-18(22-16)15-13(12-20)8-7-9-14(15)21-11-6-5-10-19/h7-9,12H,5-6,10-11,19H2,1-4H3. The lowest BCUT2D eigenvalue weighted by Gasteiger charge is -2.32. The first-order chi connectivity index (χ1) is 10.8. The van der Waals surface area contributed by atoms with Gasteiger partial charge in [-0.25, -0.2) is 0 Å². The van der Waals surface area contributed by atoms with Gasteiger partial charge in [-0.3, -0.25) is 4.79 Å². The molecule has 1 saturated heterocycles. The molecule has 1 aromatic carbocycles. The largest absolute Gasteiger partial charge is 0.499 e. The number of nitrogens with two attached hydrogens (primary N) is 1. The fourth-order valence-corrected chi connectivity index (χ4v) is 2.43. The zero-order valence-corrected chi connectivity index (χ0v) is 14.4. The molecule has 23 heavy (non-hydrogen) atoms. The second kappa shape index (κ2) is 7.03. The van der Waals surface area contributed by atoms with Crippen LogP contribution in [-0.2, 0) is 9.31 Å². The lowest BCUT2D eigenvalue weighted by molar-refractivity contribution is 0.00578. The molecular weight excluding hydrogens is 293 g/mol. The maximum absolute atomic E-state index is 11.5. The SMILES string of the molecule is CC1(C)OB(c2c(C=O)cccc2OCCCCN)OC1(C)C. The number of carbonyl (C=O) groups is 1. The molecule has 0 radical (unpaired) electrons. The van der Waals surface area contributed by atoms with Crippen molar-refractivity contribution in [1.82, 2.24) is 0 Å². The van der Waals surface area contributed by atoms with E-state index in [4.69, 9.17) is 19.8 Å². The van der Waals surface area contributed by atoms with Crippen molar-refractivity contribution in [1.29, 1.82) is 0 Å². The fourth-order valence-electron chi connectivity index (χ4n) is 2.43. The molecule has 0 bridgehead atoms. The van der Waals surface area contributed by atoms with E-state index in [1.165, 1.54) is 0 Å². The van der Waals surface area contributed by atoms with Gasteiger partial charge in [0.2, 0.25) is 0 Å². The van der Waals surface area contributed by atoms with Gasteiger partial charge >= 0.3 is 7.12 Å². The Balaban J connectivity index is 2.28. The molecule has 1 aliphatic heterocycles. The highest BCUT2D eigenvalue weighted by Gasteiger charge is 2.53. The number of aldehydes is 1. The Kier molecular flexibility index (Phi) is 5.50. The molecule has 0 unspecified atom stereocenters. The minimum Gasteiger partial charge on any atom is -0.494 e. The maximum Gasteiger partial charge on any atom is 0.499 e. The predicted molar refractivity (Wildman–Crippen MR) is 91.3 cm³/mol. The lowest BCUT2D eigenvalue weighted by atomic mass is 9.75. The minimum atomic E-state index is -0.620. The molecule has 126 valence electrons. The Labute approximate surface area is 138 Å². The molecule has 1 heterocycles. The van der Waals surface area contributed by atoms with Crippen LogP contribution in [0, 0.1) is 0 Å². The molecule has 1 aromatic rings. The quantitative estimate of drug-likeness (QED) is 0.472. The molecule has 0 saturated carbocycles. The highest BCUT2D eigenvalue weighted by molar-refractivity contribution is 6.64. The lowest BCUT2D eigenvalue weighted by Crippen LogP contribution is -2.41. The van der Waals surface area contributed by atoms with Crippen molar-refractivity contribution < 1.29 is 18.8 Å². The summed E-state index contributed by atoms with van der Waals surface area (Å²) in [4.78, 5) is 11.5. The number of hydrogen-bond acceptors (Lipinski definition) is 5. The Bertz CT molecular complexity index is 544. The van der Waals surface area contributed by atoms with Gasteiger partial charge in [-0.15, -0.1) is 0 Å². The first-order valence-electron chi connectivity index (χ1n) is 8.09. The van der Waals surface area contributed by atoms with Crippen LogP contribution in [0.4, 0.5) is 0 Å². The topological polar surface area (TPSA) is 70.8 Å². The van der Waals surface area contributed by atoms with Crippen molar-refractivity contribution in [3.8, 4) is 5.75 Å². The predicted octanol–water partition coefficient (Wildman–Crippen LogP) is 1.92. The second-order valence-electron chi connectivity index (χ2n) is 6.81. The third-order valence-corrected chi connectivity index (χ3v) is 4.57. The summed E-state index contributed by atoms with van der Waals surface area (Å²) in [7, 11) is -0.620. The van der Waals surface area contributed by atoms with Gasteiger partial charge in [0.1, 0.15) is 12.0 Å². The van der Waals surface area contributed by atoms with E-state index in [1.54, 1.807) is 12.1 Å². The van der Waals surface area contributed by atoms with Crippen LogP contribution >= 0.6 is 0 Å². The van der Waals surface area contributed by atoms with E-state index in [1.807, 2.05) is 33.8 Å². The smallest absolute Gasteiger partial charge is 0.494 e. The van der Waals surface area contributed by atoms with Crippen LogP contribution in [0.5, 0.6) is 5.75 Å². The maximum atomic E-state index is 11.5. The van der Waals surface area contributed by atoms with Crippen LogP contribution in [0.2, 0.25) is 0 Å². The van der Waals surface area contributed by atoms with Gasteiger partial charge in [-0.2, -0.15) is 0 Å². The summed E-state index contributed by atoms with van der Waals surface area (Å²) in [5.41, 5.74) is 5.75. The van der Waals surface area contributed by atoms with E-state index in [0.717, 1.165) is 19.1 Å². The van der Waals surface area contributed by atoms with Crippen LogP contribution in [0.3, 0.4) is 0 Å². The Morgan fingerprint density at radius 3 is 2.39 bits per heavy atom. The van der Waals surface area contributed by atoms with Crippen LogP contribution in [0.25, 0.3) is 0 Å². The number of benzene rings is 1. The molecule has 0 amide bonds. The van der Waals surface area contributed by atoms with Gasteiger partial charge in [0, 0.05) is 11.0 Å². The normalized spacial score (nSPS) is 18.9. The number of unbranched alkanes of at least 4 members (excludes halogenated alkanes) is 1. The number of carbonyl (C=O) groups excluding carboxylic acids is 1. The van der Waals surface area contributed by atoms with Crippen molar-refractivity contribution in [2.75, 3.05) is 13.2 Å². The van der Waals surface area contributed by atoms with E-state index >= 15 is 0 Å². The number of rotatable bonds is 7. The molecular formula is C17H26BNO4. The van der Waals surface area contributed by atoms with Gasteiger partial charge in [0.05, 0.1) is 17.8 Å². The molecule has 0 atom stereocenters. The summed E-state index contributed by atoms with van der Waals surface area (Å²) in [6, 6.07) is 5.40.